The van der Waals surface area contributed by atoms with Crippen molar-refractivity contribution in [2.24, 2.45) is 0 Å². The quantitative estimate of drug-likeness (QED) is 0.742. The van der Waals surface area contributed by atoms with Crippen LogP contribution in [-0.2, 0) is 9.59 Å². The molecule has 1 aliphatic heterocycles. The van der Waals surface area contributed by atoms with Crippen molar-refractivity contribution >= 4 is 34.4 Å². The molecule has 0 radical (unpaired) electrons. The molecule has 0 spiro atoms. The van der Waals surface area contributed by atoms with Gasteiger partial charge in [0.05, 0.1) is 5.92 Å². The van der Waals surface area contributed by atoms with Crippen molar-refractivity contribution in [2.45, 2.75) is 18.8 Å². The van der Waals surface area contributed by atoms with Gasteiger partial charge in [0.25, 0.3) is 0 Å². The molecule has 1 aliphatic rings. The molecule has 6 nitrogen and oxygen atoms in total. The lowest BCUT2D eigenvalue weighted by Crippen LogP contribution is -2.39. The Balaban J connectivity index is 1.95. The Morgan fingerprint density at radius 3 is 2.64 bits per heavy atom. The highest BCUT2D eigenvalue weighted by Gasteiger charge is 2.27. The molecule has 0 aromatic heterocycles. The molecule has 1 fully saturated rings. The highest BCUT2D eigenvalue weighted by Crippen LogP contribution is 2.28. The predicted octanol–water partition coefficient (Wildman–Crippen LogP) is 2.45. The van der Waals surface area contributed by atoms with E-state index in [2.05, 4.69) is 10.6 Å². The first-order chi connectivity index (χ1) is 10.5. The molecule has 0 bridgehead atoms. The third kappa shape index (κ3) is 2.76. The number of rotatable bonds is 2. The molecule has 1 unspecified atom stereocenters. The van der Waals surface area contributed by atoms with Crippen LogP contribution in [0.5, 0.6) is 0 Å². The van der Waals surface area contributed by atoms with Gasteiger partial charge in [0.2, 0.25) is 11.8 Å². The number of anilines is 1. The summed E-state index contributed by atoms with van der Waals surface area (Å²) < 4.78 is 0. The number of carbonyl (C=O) groups excluding carboxylic acids is 2. The van der Waals surface area contributed by atoms with Crippen molar-refractivity contribution in [3.63, 3.8) is 0 Å². The number of piperidine rings is 1. The molecule has 112 valence electrons. The zero-order chi connectivity index (χ0) is 15.7. The molecular weight excluding hydrogens is 284 g/mol. The Morgan fingerprint density at radius 2 is 1.91 bits per heavy atom. The number of carboxylic acid groups (broad SMARTS) is 1. The largest absolute Gasteiger partial charge is 0.465 e. The minimum absolute atomic E-state index is 0.241. The number of fused-ring (bicyclic) bond motifs is 1. The third-order valence-electron chi connectivity index (χ3n) is 3.76. The van der Waals surface area contributed by atoms with Gasteiger partial charge in [-0.2, -0.15) is 0 Å². The Labute approximate surface area is 126 Å². The molecule has 22 heavy (non-hydrogen) atoms. The summed E-state index contributed by atoms with van der Waals surface area (Å²) in [6, 6.07) is 10.8. The number of carbonyl (C=O) groups is 3. The first-order valence-electron chi connectivity index (χ1n) is 6.90. The molecule has 1 saturated heterocycles. The van der Waals surface area contributed by atoms with Crippen LogP contribution in [0.2, 0.25) is 0 Å². The Morgan fingerprint density at radius 1 is 1.14 bits per heavy atom. The van der Waals surface area contributed by atoms with E-state index in [0.717, 1.165) is 16.3 Å². The van der Waals surface area contributed by atoms with Gasteiger partial charge in [0, 0.05) is 12.1 Å². The normalized spacial score (nSPS) is 18.1. The van der Waals surface area contributed by atoms with Gasteiger partial charge in [0.1, 0.15) is 0 Å². The molecule has 3 N–H and O–H groups in total. The molecule has 1 heterocycles. The van der Waals surface area contributed by atoms with Gasteiger partial charge in [-0.15, -0.1) is 0 Å². The predicted molar refractivity (Wildman–Crippen MR) is 80.7 cm³/mol. The zero-order valence-electron chi connectivity index (χ0n) is 11.6. The minimum atomic E-state index is -1.12. The monoisotopic (exact) mass is 298 g/mol. The summed E-state index contributed by atoms with van der Waals surface area (Å²) in [7, 11) is 0. The van der Waals surface area contributed by atoms with Gasteiger partial charge in [-0.25, -0.2) is 4.79 Å². The van der Waals surface area contributed by atoms with E-state index in [9.17, 15) is 14.4 Å². The fraction of sp³-hybridized carbons (Fsp3) is 0.188. The van der Waals surface area contributed by atoms with Gasteiger partial charge >= 0.3 is 6.09 Å². The summed E-state index contributed by atoms with van der Waals surface area (Å²) in [5.41, 5.74) is 1.30. The molecule has 1 atom stereocenters. The summed E-state index contributed by atoms with van der Waals surface area (Å²) >= 11 is 0. The fourth-order valence-corrected chi connectivity index (χ4v) is 2.69. The summed E-state index contributed by atoms with van der Waals surface area (Å²) in [5, 5.41) is 15.2. The van der Waals surface area contributed by atoms with Crippen LogP contribution in [0.25, 0.3) is 10.8 Å². The highest BCUT2D eigenvalue weighted by molar-refractivity contribution is 6.01. The second kappa shape index (κ2) is 5.48. The molecule has 2 aromatic carbocycles. The fourth-order valence-electron chi connectivity index (χ4n) is 2.69. The van der Waals surface area contributed by atoms with E-state index in [0.29, 0.717) is 18.5 Å². The first-order valence-corrected chi connectivity index (χ1v) is 6.90. The van der Waals surface area contributed by atoms with Gasteiger partial charge in [-0.05, 0) is 34.9 Å². The number of hydrogen-bond acceptors (Lipinski definition) is 3. The maximum absolute atomic E-state index is 11.9. The van der Waals surface area contributed by atoms with Crippen LogP contribution in [0.15, 0.2) is 36.4 Å². The second-order valence-corrected chi connectivity index (χ2v) is 5.26. The molecule has 0 aliphatic carbocycles. The van der Waals surface area contributed by atoms with Crippen molar-refractivity contribution in [2.75, 3.05) is 5.32 Å². The van der Waals surface area contributed by atoms with Crippen LogP contribution in [0.4, 0.5) is 10.5 Å². The van der Waals surface area contributed by atoms with E-state index in [1.54, 1.807) is 12.1 Å². The SMILES string of the molecule is O=C(O)Nc1ccc2ccc(C3CCC(=O)NC3=O)cc2c1. The van der Waals surface area contributed by atoms with Crippen molar-refractivity contribution < 1.29 is 19.5 Å². The number of nitrogens with one attached hydrogen (secondary N) is 2. The smallest absolute Gasteiger partial charge is 0.409 e. The van der Waals surface area contributed by atoms with E-state index in [1.807, 2.05) is 24.3 Å². The third-order valence-corrected chi connectivity index (χ3v) is 3.76. The molecule has 3 rings (SSSR count). The van der Waals surface area contributed by atoms with Gasteiger partial charge in [-0.1, -0.05) is 24.3 Å². The maximum atomic E-state index is 11.9. The van der Waals surface area contributed by atoms with Crippen LogP contribution in [-0.4, -0.2) is 23.0 Å². The van der Waals surface area contributed by atoms with Crippen LogP contribution in [0.1, 0.15) is 24.3 Å². The second-order valence-electron chi connectivity index (χ2n) is 5.26. The van der Waals surface area contributed by atoms with Gasteiger partial charge < -0.3 is 5.11 Å². The molecule has 3 amide bonds. The summed E-state index contributed by atoms with van der Waals surface area (Å²) in [5.74, 6) is -0.872. The van der Waals surface area contributed by atoms with Crippen LogP contribution >= 0.6 is 0 Å². The van der Waals surface area contributed by atoms with Gasteiger partial charge in [0.15, 0.2) is 0 Å². The van der Waals surface area contributed by atoms with Gasteiger partial charge in [-0.3, -0.25) is 20.2 Å². The summed E-state index contributed by atoms with van der Waals surface area (Å²) in [6.45, 7) is 0. The standard InChI is InChI=1S/C16H14N2O4/c19-14-6-5-13(15(20)18-14)10-2-1-9-3-4-12(17-16(21)22)8-11(9)7-10/h1-4,7-8,13,17H,5-6H2,(H,21,22)(H,18,19,20). The van der Waals surface area contributed by atoms with E-state index in [4.69, 9.17) is 5.11 Å². The molecule has 0 saturated carbocycles. The lowest BCUT2D eigenvalue weighted by molar-refractivity contribution is -0.134. The number of imide groups is 1. The van der Waals surface area contributed by atoms with E-state index < -0.39 is 6.09 Å². The van der Waals surface area contributed by atoms with Crippen molar-refractivity contribution in [1.29, 1.82) is 0 Å². The lowest BCUT2D eigenvalue weighted by Gasteiger charge is -2.21. The molecule has 2 aromatic rings. The summed E-state index contributed by atoms with van der Waals surface area (Å²) in [6.07, 6.45) is -0.307. The number of hydrogen-bond donors (Lipinski definition) is 3. The van der Waals surface area contributed by atoms with Crippen LogP contribution in [0.3, 0.4) is 0 Å². The van der Waals surface area contributed by atoms with Crippen LogP contribution < -0.4 is 10.6 Å². The van der Waals surface area contributed by atoms with Crippen molar-refractivity contribution in [3.8, 4) is 0 Å². The zero-order valence-corrected chi connectivity index (χ0v) is 11.6. The molecular formula is C16H14N2O4. The van der Waals surface area contributed by atoms with E-state index in [-0.39, 0.29) is 17.7 Å². The lowest BCUT2D eigenvalue weighted by atomic mass is 9.89. The Kier molecular flexibility index (Phi) is 3.50. The van der Waals surface area contributed by atoms with E-state index >= 15 is 0 Å². The Bertz CT molecular complexity index is 785. The number of amides is 3. The minimum Gasteiger partial charge on any atom is -0.465 e. The summed E-state index contributed by atoms with van der Waals surface area (Å²) in [4.78, 5) is 33.8. The Hall–Kier alpha value is -2.89. The van der Waals surface area contributed by atoms with Crippen molar-refractivity contribution in [1.82, 2.24) is 5.32 Å². The first kappa shape index (κ1) is 14.1. The van der Waals surface area contributed by atoms with Crippen LogP contribution in [0, 0.1) is 0 Å². The number of benzene rings is 2. The highest BCUT2D eigenvalue weighted by atomic mass is 16.4. The maximum Gasteiger partial charge on any atom is 0.409 e. The molecule has 6 heteroatoms. The van der Waals surface area contributed by atoms with E-state index in [1.165, 1.54) is 0 Å². The average Bonchev–Trinajstić information content (AvgIpc) is 2.46. The van der Waals surface area contributed by atoms with Crippen molar-refractivity contribution in [3.05, 3.63) is 42.0 Å². The average molecular weight is 298 g/mol. The topological polar surface area (TPSA) is 95.5 Å².